The van der Waals surface area contributed by atoms with Crippen LogP contribution < -0.4 is 0 Å². The van der Waals surface area contributed by atoms with E-state index in [-0.39, 0.29) is 0 Å². The average molecular weight is 256 g/mol. The zero-order chi connectivity index (χ0) is 12.4. The van der Waals surface area contributed by atoms with Crippen molar-refractivity contribution in [1.82, 2.24) is 19.6 Å². The van der Waals surface area contributed by atoms with Gasteiger partial charge in [0.25, 0.3) is 5.78 Å². The van der Waals surface area contributed by atoms with Crippen molar-refractivity contribution in [2.75, 3.05) is 0 Å². The maximum Gasteiger partial charge on any atom is 0.253 e. The summed E-state index contributed by atoms with van der Waals surface area (Å²) in [5.41, 5.74) is 2.56. The first-order valence-corrected chi connectivity index (χ1v) is 6.65. The normalized spacial score (nSPS) is 10.9. The smallest absolute Gasteiger partial charge is 0.220 e. The van der Waals surface area contributed by atoms with E-state index < -0.39 is 0 Å². The lowest BCUT2D eigenvalue weighted by Gasteiger charge is -1.99. The Kier molecular flexibility index (Phi) is 2.98. The fourth-order valence-corrected chi connectivity index (χ4v) is 2.49. The molecular weight excluding hydrogens is 244 g/mol. The highest BCUT2D eigenvalue weighted by atomic mass is 32.2. The first kappa shape index (κ1) is 11.2. The van der Waals surface area contributed by atoms with Gasteiger partial charge in [-0.1, -0.05) is 41.6 Å². The van der Waals surface area contributed by atoms with Crippen molar-refractivity contribution >= 4 is 17.5 Å². The van der Waals surface area contributed by atoms with Gasteiger partial charge in [0.05, 0.1) is 0 Å². The minimum atomic E-state index is 0.643. The molecule has 0 fully saturated rings. The molecule has 0 amide bonds. The zero-order valence-electron chi connectivity index (χ0n) is 9.95. The van der Waals surface area contributed by atoms with Crippen molar-refractivity contribution in [2.45, 2.75) is 17.8 Å². The van der Waals surface area contributed by atoms with E-state index in [1.807, 2.05) is 12.3 Å². The molecule has 0 unspecified atom stereocenters. The van der Waals surface area contributed by atoms with Gasteiger partial charge in [0.1, 0.15) is 0 Å². The number of aromatic nitrogens is 4. The summed E-state index contributed by atoms with van der Waals surface area (Å²) in [6, 6.07) is 10.3. The van der Waals surface area contributed by atoms with Crippen LogP contribution >= 0.6 is 11.8 Å². The van der Waals surface area contributed by atoms with Crippen LogP contribution in [0.3, 0.4) is 0 Å². The highest BCUT2D eigenvalue weighted by molar-refractivity contribution is 7.98. The van der Waals surface area contributed by atoms with Gasteiger partial charge in [-0.25, -0.2) is 9.50 Å². The number of fused-ring (bicyclic) bond motifs is 1. The summed E-state index contributed by atoms with van der Waals surface area (Å²) in [6.45, 7) is 2.10. The standard InChI is InChI=1S/C13H12N4S/c1-10-4-2-5-11(8-10)9-18-13-15-12-14-6-3-7-17(12)16-13/h2-8H,9H2,1H3. The Labute approximate surface area is 109 Å². The molecular formula is C13H12N4S. The van der Waals surface area contributed by atoms with E-state index in [1.165, 1.54) is 11.1 Å². The lowest BCUT2D eigenvalue weighted by atomic mass is 10.2. The van der Waals surface area contributed by atoms with Crippen LogP contribution in [0, 0.1) is 6.92 Å². The minimum absolute atomic E-state index is 0.643. The number of aryl methyl sites for hydroxylation is 1. The number of rotatable bonds is 3. The number of nitrogens with zero attached hydrogens (tertiary/aromatic N) is 4. The number of thioether (sulfide) groups is 1. The molecule has 0 aliphatic rings. The molecule has 3 rings (SSSR count). The summed E-state index contributed by atoms with van der Waals surface area (Å²) in [4.78, 5) is 8.50. The fourth-order valence-electron chi connectivity index (χ4n) is 1.72. The third-order valence-corrected chi connectivity index (χ3v) is 3.46. The summed E-state index contributed by atoms with van der Waals surface area (Å²) in [6.07, 6.45) is 3.57. The lowest BCUT2D eigenvalue weighted by molar-refractivity contribution is 0.879. The fraction of sp³-hybridized carbons (Fsp3) is 0.154. The monoisotopic (exact) mass is 256 g/mol. The van der Waals surface area contributed by atoms with Gasteiger partial charge in [0.2, 0.25) is 5.16 Å². The minimum Gasteiger partial charge on any atom is -0.220 e. The topological polar surface area (TPSA) is 43.1 Å². The summed E-state index contributed by atoms with van der Waals surface area (Å²) in [7, 11) is 0. The molecule has 5 heteroatoms. The Hall–Kier alpha value is -1.88. The van der Waals surface area contributed by atoms with Crippen LogP contribution in [0.2, 0.25) is 0 Å². The molecule has 90 valence electrons. The molecule has 3 aromatic rings. The first-order chi connectivity index (χ1) is 8.81. The first-order valence-electron chi connectivity index (χ1n) is 5.67. The van der Waals surface area contributed by atoms with Gasteiger partial charge in [0, 0.05) is 18.1 Å². The number of hydrogen-bond acceptors (Lipinski definition) is 4. The van der Waals surface area contributed by atoms with E-state index in [2.05, 4.69) is 46.3 Å². The Balaban J connectivity index is 1.76. The van der Waals surface area contributed by atoms with E-state index in [1.54, 1.807) is 22.5 Å². The van der Waals surface area contributed by atoms with Gasteiger partial charge < -0.3 is 0 Å². The van der Waals surface area contributed by atoms with Crippen molar-refractivity contribution in [1.29, 1.82) is 0 Å². The Morgan fingerprint density at radius 3 is 3.06 bits per heavy atom. The van der Waals surface area contributed by atoms with Crippen LogP contribution in [0.15, 0.2) is 47.9 Å². The predicted molar refractivity (Wildman–Crippen MR) is 71.5 cm³/mol. The Bertz CT molecular complexity index is 644. The summed E-state index contributed by atoms with van der Waals surface area (Å²) in [5, 5.41) is 5.12. The van der Waals surface area contributed by atoms with Gasteiger partial charge in [0.15, 0.2) is 0 Å². The SMILES string of the molecule is Cc1cccc(CSc2nc3ncccn3n2)c1. The van der Waals surface area contributed by atoms with Crippen LogP contribution in [0.5, 0.6) is 0 Å². The Morgan fingerprint density at radius 2 is 2.22 bits per heavy atom. The van der Waals surface area contributed by atoms with Gasteiger partial charge in [-0.2, -0.15) is 4.98 Å². The van der Waals surface area contributed by atoms with Crippen molar-refractivity contribution in [3.05, 3.63) is 53.9 Å². The molecule has 1 aromatic carbocycles. The zero-order valence-corrected chi connectivity index (χ0v) is 10.8. The third-order valence-electron chi connectivity index (χ3n) is 2.55. The molecule has 0 spiro atoms. The molecule has 2 heterocycles. The summed E-state index contributed by atoms with van der Waals surface area (Å²) < 4.78 is 1.69. The highest BCUT2D eigenvalue weighted by Gasteiger charge is 2.04. The third kappa shape index (κ3) is 2.36. The predicted octanol–water partition coefficient (Wildman–Crippen LogP) is 2.73. The van der Waals surface area contributed by atoms with E-state index in [0.717, 1.165) is 10.9 Å². The van der Waals surface area contributed by atoms with E-state index in [4.69, 9.17) is 0 Å². The van der Waals surface area contributed by atoms with E-state index >= 15 is 0 Å². The molecule has 0 bridgehead atoms. The molecule has 18 heavy (non-hydrogen) atoms. The molecule has 0 radical (unpaired) electrons. The molecule has 0 aliphatic carbocycles. The molecule has 2 aromatic heterocycles. The number of hydrogen-bond donors (Lipinski definition) is 0. The molecule has 0 N–H and O–H groups in total. The molecule has 4 nitrogen and oxygen atoms in total. The van der Waals surface area contributed by atoms with E-state index in [0.29, 0.717) is 5.78 Å². The lowest BCUT2D eigenvalue weighted by Crippen LogP contribution is -1.87. The maximum absolute atomic E-state index is 4.36. The van der Waals surface area contributed by atoms with Gasteiger partial charge in [-0.3, -0.25) is 0 Å². The van der Waals surface area contributed by atoms with Crippen molar-refractivity contribution in [2.24, 2.45) is 0 Å². The molecule has 0 aliphatic heterocycles. The molecule has 0 saturated heterocycles. The van der Waals surface area contributed by atoms with E-state index in [9.17, 15) is 0 Å². The summed E-state index contributed by atoms with van der Waals surface area (Å²) >= 11 is 1.62. The highest BCUT2D eigenvalue weighted by Crippen LogP contribution is 2.20. The van der Waals surface area contributed by atoms with Crippen molar-refractivity contribution < 1.29 is 0 Å². The summed E-state index contributed by atoms with van der Waals surface area (Å²) in [5.74, 6) is 1.52. The van der Waals surface area contributed by atoms with Crippen LogP contribution in [0.4, 0.5) is 0 Å². The van der Waals surface area contributed by atoms with Gasteiger partial charge in [-0.15, -0.1) is 5.10 Å². The van der Waals surface area contributed by atoms with Crippen molar-refractivity contribution in [3.8, 4) is 0 Å². The second kappa shape index (κ2) is 4.78. The average Bonchev–Trinajstić information content (AvgIpc) is 2.79. The molecule has 0 saturated carbocycles. The molecule has 0 atom stereocenters. The quantitative estimate of drug-likeness (QED) is 0.676. The largest absolute Gasteiger partial charge is 0.253 e. The second-order valence-electron chi connectivity index (χ2n) is 4.04. The van der Waals surface area contributed by atoms with Gasteiger partial charge >= 0.3 is 0 Å². The van der Waals surface area contributed by atoms with Crippen LogP contribution in [-0.2, 0) is 5.75 Å². The second-order valence-corrected chi connectivity index (χ2v) is 4.98. The van der Waals surface area contributed by atoms with Crippen LogP contribution in [0.1, 0.15) is 11.1 Å². The van der Waals surface area contributed by atoms with Crippen LogP contribution in [-0.4, -0.2) is 19.6 Å². The van der Waals surface area contributed by atoms with Gasteiger partial charge in [-0.05, 0) is 18.6 Å². The van der Waals surface area contributed by atoms with Crippen LogP contribution in [0.25, 0.3) is 5.78 Å². The number of benzene rings is 1. The Morgan fingerprint density at radius 1 is 1.28 bits per heavy atom. The van der Waals surface area contributed by atoms with Crippen molar-refractivity contribution in [3.63, 3.8) is 0 Å². The maximum atomic E-state index is 4.36.